The molecule has 7 nitrogen and oxygen atoms in total. The van der Waals surface area contributed by atoms with Gasteiger partial charge in [-0.25, -0.2) is 8.42 Å². The maximum atomic E-state index is 14.6. The fourth-order valence-electron chi connectivity index (χ4n) is 5.24. The fraction of sp³-hybridized carbons (Fsp3) is 0.297. The SMILES string of the molecule is Cc1ccc(S(=O)(=O)N(CC(=O)N(Cc2cccc(Cl)c2)C(Cc2ccccc2)C(=O)NCC(C)C)c2ccc(C)cc2C)cc1. The van der Waals surface area contributed by atoms with Gasteiger partial charge in [-0.05, 0) is 73.7 Å². The van der Waals surface area contributed by atoms with Crippen molar-refractivity contribution < 1.29 is 18.0 Å². The van der Waals surface area contributed by atoms with E-state index in [4.69, 9.17) is 11.6 Å². The molecule has 9 heteroatoms. The van der Waals surface area contributed by atoms with E-state index in [-0.39, 0.29) is 29.7 Å². The topological polar surface area (TPSA) is 86.8 Å². The Bertz CT molecular complexity index is 1760. The molecule has 0 aliphatic rings. The molecule has 0 aliphatic heterocycles. The number of amides is 2. The standard InChI is InChI=1S/C37H42ClN3O4S/c1-26(2)23-39-37(43)35(22-30-10-7-6-8-11-30)40(24-31-12-9-13-32(38)21-31)36(42)25-41(34-19-16-28(4)20-29(34)5)46(44,45)33-17-14-27(3)15-18-33/h6-21,26,35H,22-25H2,1-5H3,(H,39,43). The summed E-state index contributed by atoms with van der Waals surface area (Å²) in [6.45, 7) is 9.61. The van der Waals surface area contributed by atoms with Crippen LogP contribution in [-0.4, -0.2) is 44.3 Å². The average Bonchev–Trinajstić information content (AvgIpc) is 3.01. The first kappa shape index (κ1) is 34.7. The van der Waals surface area contributed by atoms with Gasteiger partial charge < -0.3 is 10.2 Å². The highest BCUT2D eigenvalue weighted by Gasteiger charge is 2.35. The number of anilines is 1. The van der Waals surface area contributed by atoms with Crippen LogP contribution in [0.5, 0.6) is 0 Å². The van der Waals surface area contributed by atoms with E-state index in [9.17, 15) is 18.0 Å². The van der Waals surface area contributed by atoms with E-state index < -0.39 is 28.5 Å². The Kier molecular flexibility index (Phi) is 11.7. The predicted octanol–water partition coefficient (Wildman–Crippen LogP) is 6.87. The van der Waals surface area contributed by atoms with E-state index in [0.29, 0.717) is 22.8 Å². The first-order valence-electron chi connectivity index (χ1n) is 15.4. The van der Waals surface area contributed by atoms with Crippen LogP contribution in [0.25, 0.3) is 0 Å². The van der Waals surface area contributed by atoms with Crippen molar-refractivity contribution in [3.63, 3.8) is 0 Å². The first-order valence-corrected chi connectivity index (χ1v) is 17.2. The molecule has 0 radical (unpaired) electrons. The number of halogens is 1. The Morgan fingerprint density at radius 1 is 0.804 bits per heavy atom. The van der Waals surface area contributed by atoms with Gasteiger partial charge in [0.05, 0.1) is 10.6 Å². The lowest BCUT2D eigenvalue weighted by atomic mass is 10.0. The van der Waals surface area contributed by atoms with Gasteiger partial charge >= 0.3 is 0 Å². The Morgan fingerprint density at radius 3 is 2.09 bits per heavy atom. The summed E-state index contributed by atoms with van der Waals surface area (Å²) in [6, 6.07) is 27.7. The molecule has 0 heterocycles. The molecule has 0 saturated heterocycles. The molecular formula is C37H42ClN3O4S. The molecule has 1 atom stereocenters. The quantitative estimate of drug-likeness (QED) is 0.170. The zero-order valence-electron chi connectivity index (χ0n) is 27.0. The predicted molar refractivity (Wildman–Crippen MR) is 185 cm³/mol. The molecule has 1 N–H and O–H groups in total. The van der Waals surface area contributed by atoms with Crippen LogP contribution in [-0.2, 0) is 32.6 Å². The zero-order valence-corrected chi connectivity index (χ0v) is 28.6. The molecule has 0 fully saturated rings. The number of hydrogen-bond donors (Lipinski definition) is 1. The van der Waals surface area contributed by atoms with Gasteiger partial charge in [0.2, 0.25) is 11.8 Å². The van der Waals surface area contributed by atoms with Crippen LogP contribution in [0.1, 0.15) is 41.7 Å². The van der Waals surface area contributed by atoms with Crippen molar-refractivity contribution in [1.29, 1.82) is 0 Å². The van der Waals surface area contributed by atoms with Gasteiger partial charge in [-0.3, -0.25) is 13.9 Å². The summed E-state index contributed by atoms with van der Waals surface area (Å²) in [7, 11) is -4.18. The Labute approximate surface area is 278 Å². The molecule has 0 saturated carbocycles. The Hall–Kier alpha value is -4.14. The van der Waals surface area contributed by atoms with E-state index in [1.165, 1.54) is 4.90 Å². The molecule has 242 valence electrons. The highest BCUT2D eigenvalue weighted by molar-refractivity contribution is 7.92. The van der Waals surface area contributed by atoms with Crippen LogP contribution in [0.3, 0.4) is 0 Å². The highest BCUT2D eigenvalue weighted by Crippen LogP contribution is 2.29. The molecule has 1 unspecified atom stereocenters. The summed E-state index contributed by atoms with van der Waals surface area (Å²) in [5.41, 5.74) is 4.57. The van der Waals surface area contributed by atoms with Crippen molar-refractivity contribution in [2.75, 3.05) is 17.4 Å². The van der Waals surface area contributed by atoms with Crippen molar-refractivity contribution >= 4 is 39.1 Å². The minimum atomic E-state index is -4.18. The molecule has 2 amide bonds. The number of carbonyl (C=O) groups excluding carboxylic acids is 2. The summed E-state index contributed by atoms with van der Waals surface area (Å²) < 4.78 is 29.7. The van der Waals surface area contributed by atoms with Crippen molar-refractivity contribution in [1.82, 2.24) is 10.2 Å². The lowest BCUT2D eigenvalue weighted by Gasteiger charge is -2.34. The average molecular weight is 660 g/mol. The van der Waals surface area contributed by atoms with Gasteiger partial charge in [-0.15, -0.1) is 0 Å². The largest absolute Gasteiger partial charge is 0.354 e. The minimum Gasteiger partial charge on any atom is -0.354 e. The van der Waals surface area contributed by atoms with E-state index >= 15 is 0 Å². The van der Waals surface area contributed by atoms with Gasteiger partial charge in [0, 0.05) is 24.5 Å². The third-order valence-corrected chi connectivity index (χ3v) is 9.72. The van der Waals surface area contributed by atoms with E-state index in [1.807, 2.05) is 83.1 Å². The van der Waals surface area contributed by atoms with Crippen LogP contribution < -0.4 is 9.62 Å². The van der Waals surface area contributed by atoms with Crippen molar-refractivity contribution in [2.24, 2.45) is 5.92 Å². The van der Waals surface area contributed by atoms with E-state index in [1.54, 1.807) is 48.5 Å². The normalized spacial score (nSPS) is 12.1. The molecule has 0 spiro atoms. The Balaban J connectivity index is 1.82. The number of rotatable bonds is 13. The molecule has 4 aromatic rings. The van der Waals surface area contributed by atoms with E-state index in [0.717, 1.165) is 26.6 Å². The maximum Gasteiger partial charge on any atom is 0.264 e. The Morgan fingerprint density at radius 2 is 1.46 bits per heavy atom. The monoisotopic (exact) mass is 659 g/mol. The number of nitrogens with one attached hydrogen (secondary N) is 1. The summed E-state index contributed by atoms with van der Waals surface area (Å²) in [5, 5.41) is 3.50. The first-order chi connectivity index (χ1) is 21.8. The van der Waals surface area contributed by atoms with E-state index in [2.05, 4.69) is 5.32 Å². The summed E-state index contributed by atoms with van der Waals surface area (Å²) in [5.74, 6) is -0.637. The zero-order chi connectivity index (χ0) is 33.4. The van der Waals surface area contributed by atoms with Crippen LogP contribution in [0.2, 0.25) is 5.02 Å². The molecular weight excluding hydrogens is 618 g/mol. The molecule has 0 bridgehead atoms. The smallest absolute Gasteiger partial charge is 0.264 e. The number of carbonyl (C=O) groups is 2. The number of benzene rings is 4. The molecule has 0 aliphatic carbocycles. The number of hydrogen-bond acceptors (Lipinski definition) is 4. The third kappa shape index (κ3) is 8.98. The number of nitrogens with zero attached hydrogens (tertiary/aromatic N) is 2. The highest BCUT2D eigenvalue weighted by atomic mass is 35.5. The van der Waals surface area contributed by atoms with Gasteiger partial charge in [0.15, 0.2) is 0 Å². The maximum absolute atomic E-state index is 14.6. The van der Waals surface area contributed by atoms with Crippen molar-refractivity contribution in [2.45, 2.75) is 58.5 Å². The summed E-state index contributed by atoms with van der Waals surface area (Å²) >= 11 is 6.33. The second kappa shape index (κ2) is 15.4. The van der Waals surface area contributed by atoms with Gasteiger partial charge in [-0.2, -0.15) is 0 Å². The molecule has 0 aromatic heterocycles. The van der Waals surface area contributed by atoms with Crippen LogP contribution >= 0.6 is 11.6 Å². The minimum absolute atomic E-state index is 0.0529. The summed E-state index contributed by atoms with van der Waals surface area (Å²) in [6.07, 6.45) is 0.241. The van der Waals surface area contributed by atoms with Crippen LogP contribution in [0.4, 0.5) is 5.69 Å². The fourth-order valence-corrected chi connectivity index (χ4v) is 6.94. The third-order valence-electron chi connectivity index (χ3n) is 7.71. The molecule has 46 heavy (non-hydrogen) atoms. The van der Waals surface area contributed by atoms with Crippen molar-refractivity contribution in [3.05, 3.63) is 130 Å². The molecule has 4 rings (SSSR count). The van der Waals surface area contributed by atoms with Gasteiger partial charge in [0.1, 0.15) is 12.6 Å². The van der Waals surface area contributed by atoms with Gasteiger partial charge in [-0.1, -0.05) is 103 Å². The second-order valence-electron chi connectivity index (χ2n) is 12.1. The van der Waals surface area contributed by atoms with Crippen molar-refractivity contribution in [3.8, 4) is 0 Å². The lowest BCUT2D eigenvalue weighted by Crippen LogP contribution is -2.53. The van der Waals surface area contributed by atoms with Gasteiger partial charge in [0.25, 0.3) is 10.0 Å². The number of sulfonamides is 1. The second-order valence-corrected chi connectivity index (χ2v) is 14.4. The molecule has 4 aromatic carbocycles. The van der Waals surface area contributed by atoms with Crippen LogP contribution in [0, 0.1) is 26.7 Å². The lowest BCUT2D eigenvalue weighted by molar-refractivity contribution is -0.140. The van der Waals surface area contributed by atoms with Crippen LogP contribution in [0.15, 0.2) is 102 Å². The number of aryl methyl sites for hydroxylation is 3. The summed E-state index contributed by atoms with van der Waals surface area (Å²) in [4.78, 5) is 30.1.